The third-order valence-corrected chi connectivity index (χ3v) is 3.16. The lowest BCUT2D eigenvalue weighted by atomic mass is 10.1. The first-order chi connectivity index (χ1) is 6.68. The van der Waals surface area contributed by atoms with Gasteiger partial charge in [0, 0.05) is 10.4 Å². The highest BCUT2D eigenvalue weighted by Crippen LogP contribution is 2.35. The van der Waals surface area contributed by atoms with Crippen molar-refractivity contribution in [1.29, 1.82) is 0 Å². The molecule has 2 rings (SSSR count). The molecule has 1 heterocycles. The van der Waals surface area contributed by atoms with E-state index in [0.29, 0.717) is 9.90 Å². The van der Waals surface area contributed by atoms with Crippen LogP contribution in [0.15, 0.2) is 30.3 Å². The van der Waals surface area contributed by atoms with Crippen LogP contribution in [-0.4, -0.2) is 0 Å². The van der Waals surface area contributed by atoms with Crippen LogP contribution < -0.4 is 5.73 Å². The fraction of sp³-hybridized carbons (Fsp3) is 0. The number of para-hydroxylation sites is 1. The molecule has 0 saturated carbocycles. The Morgan fingerprint density at radius 2 is 2.00 bits per heavy atom. The van der Waals surface area contributed by atoms with Gasteiger partial charge in [-0.05, 0) is 18.2 Å². The largest absolute Gasteiger partial charge is 0.396 e. The number of benzene rings is 1. The van der Waals surface area contributed by atoms with Crippen LogP contribution in [0.3, 0.4) is 0 Å². The summed E-state index contributed by atoms with van der Waals surface area (Å²) in [6.45, 7) is 0. The molecule has 0 radical (unpaired) electrons. The standard InChI is InChI=1S/C10H7ClFNS/c11-9-5-4-8(14-9)6-2-1-3-7(12)10(6)13/h1-5H,13H2. The SMILES string of the molecule is Nc1c(F)cccc1-c1ccc(Cl)s1. The Kier molecular flexibility index (Phi) is 2.44. The second-order valence-corrected chi connectivity index (χ2v) is 4.52. The number of halogens is 2. The minimum absolute atomic E-state index is 0.172. The highest BCUT2D eigenvalue weighted by Gasteiger charge is 2.08. The molecular weight excluding hydrogens is 221 g/mol. The lowest BCUT2D eigenvalue weighted by Gasteiger charge is -2.02. The van der Waals surface area contributed by atoms with E-state index in [1.54, 1.807) is 18.2 Å². The van der Waals surface area contributed by atoms with Crippen molar-refractivity contribution in [2.45, 2.75) is 0 Å². The molecule has 0 bridgehead atoms. The highest BCUT2D eigenvalue weighted by atomic mass is 35.5. The lowest BCUT2D eigenvalue weighted by molar-refractivity contribution is 0.633. The molecule has 2 N–H and O–H groups in total. The van der Waals surface area contributed by atoms with Crippen LogP contribution in [0.25, 0.3) is 10.4 Å². The third-order valence-electron chi connectivity index (χ3n) is 1.89. The van der Waals surface area contributed by atoms with Crippen LogP contribution in [0.1, 0.15) is 0 Å². The van der Waals surface area contributed by atoms with E-state index < -0.39 is 5.82 Å². The van der Waals surface area contributed by atoms with Crippen molar-refractivity contribution < 1.29 is 4.39 Å². The molecule has 0 atom stereocenters. The first-order valence-corrected chi connectivity index (χ1v) is 5.17. The van der Waals surface area contributed by atoms with Gasteiger partial charge in [0.25, 0.3) is 0 Å². The molecule has 0 unspecified atom stereocenters. The molecule has 1 aromatic heterocycles. The van der Waals surface area contributed by atoms with Crippen LogP contribution >= 0.6 is 22.9 Å². The maximum Gasteiger partial charge on any atom is 0.146 e. The zero-order valence-corrected chi connectivity index (χ0v) is 8.70. The summed E-state index contributed by atoms with van der Waals surface area (Å²) in [7, 11) is 0. The summed E-state index contributed by atoms with van der Waals surface area (Å²) in [4.78, 5) is 0.881. The Morgan fingerprint density at radius 3 is 2.64 bits per heavy atom. The molecule has 0 fully saturated rings. The summed E-state index contributed by atoms with van der Waals surface area (Å²) < 4.78 is 13.8. The maximum absolute atomic E-state index is 13.1. The maximum atomic E-state index is 13.1. The lowest BCUT2D eigenvalue weighted by Crippen LogP contribution is -1.92. The summed E-state index contributed by atoms with van der Waals surface area (Å²) in [6.07, 6.45) is 0. The van der Waals surface area contributed by atoms with Crippen LogP contribution in [0, 0.1) is 5.82 Å². The number of anilines is 1. The number of rotatable bonds is 1. The molecule has 0 aliphatic heterocycles. The number of thiophene rings is 1. The molecule has 4 heteroatoms. The van der Waals surface area contributed by atoms with E-state index in [-0.39, 0.29) is 5.69 Å². The average Bonchev–Trinajstić information content (AvgIpc) is 2.57. The quantitative estimate of drug-likeness (QED) is 0.737. The van der Waals surface area contributed by atoms with Crippen molar-refractivity contribution in [2.75, 3.05) is 5.73 Å². The topological polar surface area (TPSA) is 26.0 Å². The van der Waals surface area contributed by atoms with Gasteiger partial charge in [0.05, 0.1) is 10.0 Å². The van der Waals surface area contributed by atoms with E-state index in [4.69, 9.17) is 17.3 Å². The van der Waals surface area contributed by atoms with Crippen molar-refractivity contribution >= 4 is 28.6 Å². The molecule has 0 spiro atoms. The van der Waals surface area contributed by atoms with Gasteiger partial charge >= 0.3 is 0 Å². The van der Waals surface area contributed by atoms with Gasteiger partial charge in [-0.1, -0.05) is 23.7 Å². The molecule has 0 aliphatic rings. The predicted octanol–water partition coefficient (Wildman–Crippen LogP) is 3.79. The molecule has 72 valence electrons. The second kappa shape index (κ2) is 3.59. The normalized spacial score (nSPS) is 10.4. The van der Waals surface area contributed by atoms with Gasteiger partial charge in [-0.2, -0.15) is 0 Å². The fourth-order valence-corrected chi connectivity index (χ4v) is 2.29. The van der Waals surface area contributed by atoms with Crippen molar-refractivity contribution in [1.82, 2.24) is 0 Å². The Morgan fingerprint density at radius 1 is 1.21 bits per heavy atom. The average molecular weight is 228 g/mol. The van der Waals surface area contributed by atoms with Gasteiger partial charge in [0.2, 0.25) is 0 Å². The minimum Gasteiger partial charge on any atom is -0.396 e. The van der Waals surface area contributed by atoms with E-state index in [1.165, 1.54) is 17.4 Å². The summed E-state index contributed by atoms with van der Waals surface area (Å²) in [5, 5.41) is 0. The van der Waals surface area contributed by atoms with Gasteiger partial charge in [-0.15, -0.1) is 11.3 Å². The van der Waals surface area contributed by atoms with E-state index in [2.05, 4.69) is 0 Å². The van der Waals surface area contributed by atoms with E-state index in [9.17, 15) is 4.39 Å². The van der Waals surface area contributed by atoms with Gasteiger partial charge in [0.1, 0.15) is 5.82 Å². The zero-order chi connectivity index (χ0) is 10.1. The molecule has 2 aromatic rings. The molecule has 0 saturated heterocycles. The second-order valence-electron chi connectivity index (χ2n) is 2.80. The van der Waals surface area contributed by atoms with Crippen LogP contribution in [0.4, 0.5) is 10.1 Å². The van der Waals surface area contributed by atoms with Crippen LogP contribution in [0.5, 0.6) is 0 Å². The van der Waals surface area contributed by atoms with Gasteiger partial charge in [-0.25, -0.2) is 4.39 Å². The van der Waals surface area contributed by atoms with Gasteiger partial charge in [-0.3, -0.25) is 0 Å². The smallest absolute Gasteiger partial charge is 0.146 e. The molecule has 0 amide bonds. The molecular formula is C10H7ClFNS. The molecule has 1 aromatic carbocycles. The van der Waals surface area contributed by atoms with E-state index in [1.807, 2.05) is 6.07 Å². The number of nitrogen functional groups attached to an aromatic ring is 1. The first-order valence-electron chi connectivity index (χ1n) is 3.98. The third kappa shape index (κ3) is 1.61. The van der Waals surface area contributed by atoms with Gasteiger partial charge < -0.3 is 5.73 Å². The Hall–Kier alpha value is -1.06. The molecule has 14 heavy (non-hydrogen) atoms. The Bertz CT molecular complexity index is 467. The van der Waals surface area contributed by atoms with Crippen LogP contribution in [0.2, 0.25) is 4.34 Å². The summed E-state index contributed by atoms with van der Waals surface area (Å²) in [5.41, 5.74) is 6.48. The predicted molar refractivity (Wildman–Crippen MR) is 59.1 cm³/mol. The number of hydrogen-bond acceptors (Lipinski definition) is 2. The summed E-state index contributed by atoms with van der Waals surface area (Å²) in [6, 6.07) is 8.35. The molecule has 1 nitrogen and oxygen atoms in total. The number of hydrogen-bond donors (Lipinski definition) is 1. The Balaban J connectivity index is 2.57. The monoisotopic (exact) mass is 227 g/mol. The molecule has 0 aliphatic carbocycles. The summed E-state index contributed by atoms with van der Waals surface area (Å²) >= 11 is 7.17. The van der Waals surface area contributed by atoms with Crippen LogP contribution in [-0.2, 0) is 0 Å². The first kappa shape index (κ1) is 9.49. The van der Waals surface area contributed by atoms with Gasteiger partial charge in [0.15, 0.2) is 0 Å². The summed E-state index contributed by atoms with van der Waals surface area (Å²) in [5.74, 6) is -0.396. The van der Waals surface area contributed by atoms with Crippen molar-refractivity contribution in [3.8, 4) is 10.4 Å². The van der Waals surface area contributed by atoms with Crippen molar-refractivity contribution in [3.63, 3.8) is 0 Å². The Labute approximate surface area is 89.9 Å². The fourth-order valence-electron chi connectivity index (χ4n) is 1.21. The van der Waals surface area contributed by atoms with E-state index in [0.717, 1.165) is 4.88 Å². The van der Waals surface area contributed by atoms with Crippen molar-refractivity contribution in [3.05, 3.63) is 40.5 Å². The van der Waals surface area contributed by atoms with E-state index >= 15 is 0 Å². The number of nitrogens with two attached hydrogens (primary N) is 1. The van der Waals surface area contributed by atoms with Crippen molar-refractivity contribution in [2.24, 2.45) is 0 Å². The minimum atomic E-state index is -0.396. The highest BCUT2D eigenvalue weighted by molar-refractivity contribution is 7.19. The zero-order valence-electron chi connectivity index (χ0n) is 7.13.